The van der Waals surface area contributed by atoms with E-state index in [4.69, 9.17) is 0 Å². The van der Waals surface area contributed by atoms with E-state index in [1.54, 1.807) is 0 Å². The fourth-order valence-corrected chi connectivity index (χ4v) is 3.32. The van der Waals surface area contributed by atoms with Gasteiger partial charge in [0.2, 0.25) is 0 Å². The first kappa shape index (κ1) is 14.1. The van der Waals surface area contributed by atoms with Crippen molar-refractivity contribution in [2.24, 2.45) is 5.41 Å². The van der Waals surface area contributed by atoms with Crippen LogP contribution in [0.4, 0.5) is 0 Å². The van der Waals surface area contributed by atoms with E-state index in [-0.39, 0.29) is 5.41 Å². The summed E-state index contributed by atoms with van der Waals surface area (Å²) in [6, 6.07) is 13.3. The molecule has 1 saturated carbocycles. The lowest BCUT2D eigenvalue weighted by atomic mass is 9.63. The fraction of sp³-hybridized carbons (Fsp3) is 0.588. The Bertz CT molecular complexity index is 432. The molecule has 0 spiro atoms. The third kappa shape index (κ3) is 3.16. The minimum Gasteiger partial charge on any atom is -0.309 e. The number of hydrogen-bond donors (Lipinski definition) is 0. The van der Waals surface area contributed by atoms with Crippen LogP contribution in [0.2, 0.25) is 0 Å². The lowest BCUT2D eigenvalue weighted by Crippen LogP contribution is -2.34. The molecule has 0 aliphatic heterocycles. The minimum atomic E-state index is -0.163. The first-order chi connectivity index (χ1) is 9.18. The van der Waals surface area contributed by atoms with Crippen molar-refractivity contribution in [3.05, 3.63) is 35.9 Å². The van der Waals surface area contributed by atoms with Gasteiger partial charge in [0.15, 0.2) is 0 Å². The van der Waals surface area contributed by atoms with Gasteiger partial charge in [0.05, 0.1) is 11.5 Å². The minimum absolute atomic E-state index is 0.163. The molecule has 0 aromatic heterocycles. The third-order valence-electron chi connectivity index (χ3n) is 4.46. The summed E-state index contributed by atoms with van der Waals surface area (Å²) in [6.07, 6.45) is 5.65. The number of nitriles is 1. The van der Waals surface area contributed by atoms with Crippen LogP contribution >= 0.6 is 0 Å². The van der Waals surface area contributed by atoms with Gasteiger partial charge in [-0.2, -0.15) is 5.26 Å². The summed E-state index contributed by atoms with van der Waals surface area (Å²) in [7, 11) is 4.18. The summed E-state index contributed by atoms with van der Waals surface area (Å²) in [4.78, 5) is 2.19. The Labute approximate surface area is 117 Å². The van der Waals surface area contributed by atoms with Crippen LogP contribution < -0.4 is 0 Å². The molecule has 1 aliphatic rings. The molecule has 1 aromatic rings. The topological polar surface area (TPSA) is 27.0 Å². The normalized spacial score (nSPS) is 27.2. The van der Waals surface area contributed by atoms with Gasteiger partial charge in [0.1, 0.15) is 0 Å². The molecule has 2 rings (SSSR count). The van der Waals surface area contributed by atoms with Gasteiger partial charge >= 0.3 is 0 Å². The van der Waals surface area contributed by atoms with E-state index in [9.17, 15) is 5.26 Å². The first-order valence-electron chi connectivity index (χ1n) is 7.29. The molecule has 0 N–H and O–H groups in total. The average Bonchev–Trinajstić information content (AvgIpc) is 2.46. The van der Waals surface area contributed by atoms with Gasteiger partial charge in [0.25, 0.3) is 0 Å². The van der Waals surface area contributed by atoms with E-state index in [0.717, 1.165) is 25.8 Å². The number of hydrogen-bond acceptors (Lipinski definition) is 2. The molecule has 0 amide bonds. The third-order valence-corrected chi connectivity index (χ3v) is 4.46. The second-order valence-electron chi connectivity index (χ2n) is 6.03. The molecule has 2 heteroatoms. The molecule has 0 radical (unpaired) electrons. The second-order valence-corrected chi connectivity index (χ2v) is 6.03. The van der Waals surface area contributed by atoms with E-state index in [1.807, 2.05) is 0 Å². The van der Waals surface area contributed by atoms with E-state index in [0.29, 0.717) is 5.92 Å². The smallest absolute Gasteiger partial charge is 0.0696 e. The summed E-state index contributed by atoms with van der Waals surface area (Å²) >= 11 is 0. The van der Waals surface area contributed by atoms with Gasteiger partial charge in [-0.15, -0.1) is 0 Å². The molecule has 0 heterocycles. The van der Waals surface area contributed by atoms with Crippen molar-refractivity contribution in [2.45, 2.75) is 38.0 Å². The zero-order valence-electron chi connectivity index (χ0n) is 12.1. The van der Waals surface area contributed by atoms with E-state index >= 15 is 0 Å². The monoisotopic (exact) mass is 256 g/mol. The standard InChI is InChI=1S/C17H24N2/c1-19(2)13-12-17(14-18)11-7-6-10-16(17)15-8-4-3-5-9-15/h3-5,8-9,16H,6-7,10-13H2,1-2H3. The molecule has 1 aliphatic carbocycles. The van der Waals surface area contributed by atoms with Crippen LogP contribution in [0.25, 0.3) is 0 Å². The summed E-state index contributed by atoms with van der Waals surface area (Å²) < 4.78 is 0. The lowest BCUT2D eigenvalue weighted by Gasteiger charge is -2.40. The van der Waals surface area contributed by atoms with Gasteiger partial charge in [-0.3, -0.25) is 0 Å². The Hall–Kier alpha value is -1.33. The van der Waals surface area contributed by atoms with Gasteiger partial charge in [-0.1, -0.05) is 43.2 Å². The van der Waals surface area contributed by atoms with Gasteiger partial charge in [-0.25, -0.2) is 0 Å². The van der Waals surface area contributed by atoms with Crippen LogP contribution in [0.15, 0.2) is 30.3 Å². The fourth-order valence-electron chi connectivity index (χ4n) is 3.32. The largest absolute Gasteiger partial charge is 0.309 e. The Morgan fingerprint density at radius 3 is 2.63 bits per heavy atom. The Morgan fingerprint density at radius 1 is 1.26 bits per heavy atom. The van der Waals surface area contributed by atoms with Crippen molar-refractivity contribution in [1.82, 2.24) is 4.90 Å². The van der Waals surface area contributed by atoms with Crippen molar-refractivity contribution in [2.75, 3.05) is 20.6 Å². The maximum atomic E-state index is 9.82. The highest BCUT2D eigenvalue weighted by atomic mass is 15.0. The zero-order chi connectivity index (χ0) is 13.7. The predicted octanol–water partition coefficient (Wildman–Crippen LogP) is 3.81. The van der Waals surface area contributed by atoms with Crippen LogP contribution in [-0.4, -0.2) is 25.5 Å². The number of benzene rings is 1. The summed E-state index contributed by atoms with van der Waals surface area (Å²) in [6.45, 7) is 0.997. The van der Waals surface area contributed by atoms with E-state index < -0.39 is 0 Å². The molecule has 2 unspecified atom stereocenters. The number of nitrogens with zero attached hydrogens (tertiary/aromatic N) is 2. The van der Waals surface area contributed by atoms with Crippen molar-refractivity contribution >= 4 is 0 Å². The second kappa shape index (κ2) is 6.21. The number of rotatable bonds is 4. The highest BCUT2D eigenvalue weighted by Gasteiger charge is 2.41. The van der Waals surface area contributed by atoms with Crippen molar-refractivity contribution < 1.29 is 0 Å². The van der Waals surface area contributed by atoms with E-state index in [2.05, 4.69) is 55.4 Å². The molecule has 0 bridgehead atoms. The molecular formula is C17H24N2. The van der Waals surface area contributed by atoms with Crippen LogP contribution in [-0.2, 0) is 0 Å². The summed E-state index contributed by atoms with van der Waals surface area (Å²) in [5.74, 6) is 0.410. The lowest BCUT2D eigenvalue weighted by molar-refractivity contribution is 0.185. The van der Waals surface area contributed by atoms with Gasteiger partial charge in [0, 0.05) is 5.92 Å². The van der Waals surface area contributed by atoms with Crippen LogP contribution in [0.1, 0.15) is 43.6 Å². The molecule has 19 heavy (non-hydrogen) atoms. The molecule has 0 saturated heterocycles. The summed E-state index contributed by atoms with van der Waals surface area (Å²) in [5.41, 5.74) is 1.19. The molecule has 1 fully saturated rings. The molecular weight excluding hydrogens is 232 g/mol. The van der Waals surface area contributed by atoms with Crippen LogP contribution in [0, 0.1) is 16.7 Å². The van der Waals surface area contributed by atoms with Crippen molar-refractivity contribution in [3.63, 3.8) is 0 Å². The summed E-state index contributed by atoms with van der Waals surface area (Å²) in [5, 5.41) is 9.82. The average molecular weight is 256 g/mol. The Morgan fingerprint density at radius 2 is 2.00 bits per heavy atom. The Balaban J connectivity index is 2.25. The highest BCUT2D eigenvalue weighted by molar-refractivity contribution is 5.26. The maximum absolute atomic E-state index is 9.82. The zero-order valence-corrected chi connectivity index (χ0v) is 12.1. The predicted molar refractivity (Wildman–Crippen MR) is 78.9 cm³/mol. The van der Waals surface area contributed by atoms with E-state index in [1.165, 1.54) is 18.4 Å². The first-order valence-corrected chi connectivity index (χ1v) is 7.29. The molecule has 102 valence electrons. The molecule has 1 aromatic carbocycles. The van der Waals surface area contributed by atoms with Gasteiger partial charge in [-0.05, 0) is 45.5 Å². The van der Waals surface area contributed by atoms with Crippen LogP contribution in [0.5, 0.6) is 0 Å². The molecule has 2 atom stereocenters. The molecule has 2 nitrogen and oxygen atoms in total. The van der Waals surface area contributed by atoms with Crippen LogP contribution in [0.3, 0.4) is 0 Å². The van der Waals surface area contributed by atoms with Crippen molar-refractivity contribution in [1.29, 1.82) is 5.26 Å². The van der Waals surface area contributed by atoms with Gasteiger partial charge < -0.3 is 4.90 Å². The SMILES string of the molecule is CN(C)CCC1(C#N)CCCCC1c1ccccc1. The maximum Gasteiger partial charge on any atom is 0.0696 e. The Kier molecular flexibility index (Phi) is 4.61. The highest BCUT2D eigenvalue weighted by Crippen LogP contribution is 2.49. The van der Waals surface area contributed by atoms with Crippen molar-refractivity contribution in [3.8, 4) is 6.07 Å². The quantitative estimate of drug-likeness (QED) is 0.819.